The summed E-state index contributed by atoms with van der Waals surface area (Å²) in [5.41, 5.74) is 8.05. The molecule has 8 heteroatoms. The van der Waals surface area contributed by atoms with Crippen LogP contribution < -0.4 is 21.2 Å². The quantitative estimate of drug-likeness (QED) is 0.383. The van der Waals surface area contributed by atoms with E-state index in [9.17, 15) is 14.0 Å². The van der Waals surface area contributed by atoms with E-state index in [2.05, 4.69) is 10.3 Å². The van der Waals surface area contributed by atoms with Crippen LogP contribution in [0.2, 0.25) is 0 Å². The highest BCUT2D eigenvalue weighted by Gasteiger charge is 2.26. The smallest absolute Gasteiger partial charge is 0.278 e. The molecular formula is C24H23FN5O2+. The van der Waals surface area contributed by atoms with E-state index in [0.717, 1.165) is 31.2 Å². The molecule has 0 atom stereocenters. The summed E-state index contributed by atoms with van der Waals surface area (Å²) in [4.78, 5) is 31.0. The lowest BCUT2D eigenvalue weighted by molar-refractivity contribution is -0.649. The average molecular weight is 432 g/mol. The van der Waals surface area contributed by atoms with Crippen LogP contribution in [0, 0.1) is 5.82 Å². The first-order chi connectivity index (χ1) is 15.5. The molecule has 3 heterocycles. The lowest BCUT2D eigenvalue weighted by Gasteiger charge is -2.15. The van der Waals surface area contributed by atoms with Crippen molar-refractivity contribution in [2.75, 3.05) is 5.73 Å². The van der Waals surface area contributed by atoms with Crippen LogP contribution in [0.3, 0.4) is 0 Å². The summed E-state index contributed by atoms with van der Waals surface area (Å²) in [6.45, 7) is 0.239. The minimum absolute atomic E-state index is 0.110. The van der Waals surface area contributed by atoms with Gasteiger partial charge in [-0.15, -0.1) is 0 Å². The molecule has 0 saturated heterocycles. The molecule has 1 aliphatic carbocycles. The van der Waals surface area contributed by atoms with Crippen LogP contribution in [0.4, 0.5) is 10.2 Å². The number of nitrogen functional groups attached to an aromatic ring is 1. The normalized spacial score (nSPS) is 14.3. The Labute approximate surface area is 183 Å². The number of halogens is 1. The first kappa shape index (κ1) is 20.1. The number of pyridine rings is 2. The van der Waals surface area contributed by atoms with Gasteiger partial charge in [-0.25, -0.2) is 8.96 Å². The Kier molecular flexibility index (Phi) is 5.05. The maximum absolute atomic E-state index is 13.4. The van der Waals surface area contributed by atoms with E-state index in [1.165, 1.54) is 22.6 Å². The van der Waals surface area contributed by atoms with Gasteiger partial charge in [0.25, 0.3) is 17.1 Å². The van der Waals surface area contributed by atoms with E-state index in [1.54, 1.807) is 41.1 Å². The van der Waals surface area contributed by atoms with Crippen LogP contribution in [0.5, 0.6) is 0 Å². The predicted molar refractivity (Wildman–Crippen MR) is 119 cm³/mol. The summed E-state index contributed by atoms with van der Waals surface area (Å²) >= 11 is 0. The highest BCUT2D eigenvalue weighted by Crippen LogP contribution is 2.20. The van der Waals surface area contributed by atoms with Crippen molar-refractivity contribution in [1.82, 2.24) is 14.7 Å². The number of benzene rings is 1. The monoisotopic (exact) mass is 432 g/mol. The second-order valence-electron chi connectivity index (χ2n) is 8.19. The summed E-state index contributed by atoms with van der Waals surface area (Å²) in [7, 11) is 0. The van der Waals surface area contributed by atoms with Gasteiger partial charge in [-0.1, -0.05) is 36.0 Å². The van der Waals surface area contributed by atoms with Gasteiger partial charge in [0.1, 0.15) is 16.8 Å². The summed E-state index contributed by atoms with van der Waals surface area (Å²) in [6, 6.07) is 12.9. The van der Waals surface area contributed by atoms with Crippen LogP contribution in [0.15, 0.2) is 59.5 Å². The zero-order chi connectivity index (χ0) is 22.2. The highest BCUT2D eigenvalue weighted by molar-refractivity contribution is 6.00. The Morgan fingerprint density at radius 2 is 1.94 bits per heavy atom. The fraction of sp³-hybridized carbons (Fsp3) is 0.250. The van der Waals surface area contributed by atoms with Gasteiger partial charge < -0.3 is 11.1 Å². The van der Waals surface area contributed by atoms with Crippen molar-refractivity contribution < 1.29 is 13.8 Å². The minimum atomic E-state index is -0.344. The minimum Gasteiger partial charge on any atom is -0.349 e. The van der Waals surface area contributed by atoms with Crippen molar-refractivity contribution in [2.24, 2.45) is 0 Å². The number of anilines is 1. The third kappa shape index (κ3) is 3.57. The molecule has 162 valence electrons. The number of rotatable bonds is 4. The molecule has 0 unspecified atom stereocenters. The number of nitrogens with one attached hydrogen (secondary N) is 1. The summed E-state index contributed by atoms with van der Waals surface area (Å²) in [6.07, 6.45) is 5.68. The summed E-state index contributed by atoms with van der Waals surface area (Å²) in [5, 5.41) is 3.34. The van der Waals surface area contributed by atoms with Gasteiger partial charge in [0.15, 0.2) is 0 Å². The fourth-order valence-electron chi connectivity index (χ4n) is 4.35. The van der Waals surface area contributed by atoms with E-state index in [1.807, 2.05) is 0 Å². The van der Waals surface area contributed by atoms with E-state index in [0.29, 0.717) is 16.7 Å². The number of hydrogen-bond donors (Lipinski definition) is 2. The largest absolute Gasteiger partial charge is 0.349 e. The number of hydrogen-bond acceptors (Lipinski definition) is 4. The summed E-state index contributed by atoms with van der Waals surface area (Å²) < 4.78 is 16.5. The molecule has 3 aromatic heterocycles. The van der Waals surface area contributed by atoms with Crippen molar-refractivity contribution >= 4 is 28.4 Å². The third-order valence-electron chi connectivity index (χ3n) is 6.05. The van der Waals surface area contributed by atoms with Gasteiger partial charge >= 0.3 is 0 Å². The number of nitrogens with two attached hydrogens (primary N) is 1. The van der Waals surface area contributed by atoms with Crippen molar-refractivity contribution in [3.8, 4) is 0 Å². The van der Waals surface area contributed by atoms with Crippen LogP contribution in [0.1, 0.15) is 41.6 Å². The van der Waals surface area contributed by atoms with E-state index in [4.69, 9.17) is 5.73 Å². The number of fused-ring (bicyclic) bond motifs is 2. The first-order valence-electron chi connectivity index (χ1n) is 10.7. The van der Waals surface area contributed by atoms with Crippen molar-refractivity contribution in [3.63, 3.8) is 0 Å². The number of carbonyl (C=O) groups excluding carboxylic acids is 1. The molecule has 0 bridgehead atoms. The second kappa shape index (κ2) is 8.03. The van der Waals surface area contributed by atoms with E-state index in [-0.39, 0.29) is 41.3 Å². The second-order valence-corrected chi connectivity index (χ2v) is 8.19. The maximum Gasteiger partial charge on any atom is 0.278 e. The molecule has 1 aliphatic rings. The topological polar surface area (TPSA) is 93.4 Å². The van der Waals surface area contributed by atoms with E-state index < -0.39 is 0 Å². The Hall–Kier alpha value is -3.81. The zero-order valence-electron chi connectivity index (χ0n) is 17.4. The van der Waals surface area contributed by atoms with Gasteiger partial charge in [0.05, 0.1) is 6.54 Å². The maximum atomic E-state index is 13.4. The lowest BCUT2D eigenvalue weighted by Crippen LogP contribution is -2.44. The van der Waals surface area contributed by atoms with E-state index >= 15 is 0 Å². The molecule has 32 heavy (non-hydrogen) atoms. The predicted octanol–water partition coefficient (Wildman–Crippen LogP) is 2.58. The molecule has 0 spiro atoms. The van der Waals surface area contributed by atoms with Gasteiger partial charge in [0, 0.05) is 12.2 Å². The Morgan fingerprint density at radius 3 is 2.69 bits per heavy atom. The van der Waals surface area contributed by atoms with Gasteiger partial charge in [0.2, 0.25) is 11.5 Å². The van der Waals surface area contributed by atoms with Crippen LogP contribution >= 0.6 is 0 Å². The van der Waals surface area contributed by atoms with Crippen LogP contribution in [-0.2, 0) is 6.54 Å². The van der Waals surface area contributed by atoms with Crippen molar-refractivity contribution in [1.29, 1.82) is 0 Å². The molecule has 1 saturated carbocycles. The Balaban J connectivity index is 1.71. The zero-order valence-corrected chi connectivity index (χ0v) is 17.4. The number of carbonyl (C=O) groups is 1. The molecule has 1 fully saturated rings. The Bertz CT molecular complexity index is 1390. The molecule has 3 N–H and O–H groups in total. The Morgan fingerprint density at radius 1 is 1.19 bits per heavy atom. The molecule has 4 aromatic rings. The van der Waals surface area contributed by atoms with Gasteiger partial charge in [-0.3, -0.25) is 14.0 Å². The number of aromatic nitrogens is 3. The molecule has 0 aliphatic heterocycles. The molecule has 1 aromatic carbocycles. The molecule has 5 rings (SSSR count). The average Bonchev–Trinajstić information content (AvgIpc) is 3.30. The highest BCUT2D eigenvalue weighted by atomic mass is 19.1. The van der Waals surface area contributed by atoms with Crippen molar-refractivity contribution in [2.45, 2.75) is 38.3 Å². The molecular weight excluding hydrogens is 409 g/mol. The van der Waals surface area contributed by atoms with Crippen LogP contribution in [-0.4, -0.2) is 21.3 Å². The molecule has 7 nitrogen and oxygen atoms in total. The third-order valence-corrected chi connectivity index (χ3v) is 6.05. The summed E-state index contributed by atoms with van der Waals surface area (Å²) in [5.74, 6) is -0.435. The molecule has 0 radical (unpaired) electrons. The lowest BCUT2D eigenvalue weighted by atomic mass is 10.1. The fourth-order valence-corrected chi connectivity index (χ4v) is 4.35. The van der Waals surface area contributed by atoms with Gasteiger partial charge in [-0.05, 0) is 48.7 Å². The van der Waals surface area contributed by atoms with Crippen LogP contribution in [0.25, 0.3) is 16.7 Å². The SMILES string of the molecule is Nc1c(C(=O)NC2CCCC2)cc2c(=O)n3ccccc3nc2[n+]1Cc1ccc(F)cc1. The molecule has 1 amide bonds. The number of amides is 1. The van der Waals surface area contributed by atoms with Crippen molar-refractivity contribution in [3.05, 3.63) is 82.0 Å². The standard InChI is InChI=1S/C24H22FN5O2/c25-16-10-8-15(9-11-16)14-30-21(26)18(23(31)27-17-5-1-2-6-17)13-19-22(30)28-20-7-3-4-12-29(20)24(19)32/h3-4,7-13,17,26H,1-2,5-6,14H2,(H,27,31)/p+1. The first-order valence-corrected chi connectivity index (χ1v) is 10.7. The number of nitrogens with zero attached hydrogens (tertiary/aromatic N) is 3. The van der Waals surface area contributed by atoms with Gasteiger partial charge in [-0.2, -0.15) is 0 Å².